The Labute approximate surface area is 130 Å². The molecule has 0 unspecified atom stereocenters. The fraction of sp³-hybridized carbons (Fsp3) is 0.800. The van der Waals surface area contributed by atoms with E-state index < -0.39 is 0 Å². The predicted octanol–water partition coefficient (Wildman–Crippen LogP) is 2.69. The molecule has 1 aromatic rings. The summed E-state index contributed by atoms with van der Waals surface area (Å²) >= 11 is 3.75. The van der Waals surface area contributed by atoms with Crippen LogP contribution in [0.5, 0.6) is 0 Å². The molecule has 1 N–H and O–H groups in total. The SMILES string of the molecule is CCNCC1(Cc2c(Br)c(CC)nn2C)CCOCC1. The quantitative estimate of drug-likeness (QED) is 0.862. The lowest BCUT2D eigenvalue weighted by Crippen LogP contribution is -2.41. The van der Waals surface area contributed by atoms with Gasteiger partial charge >= 0.3 is 0 Å². The molecule has 0 aliphatic carbocycles. The van der Waals surface area contributed by atoms with Crippen LogP contribution in [0.15, 0.2) is 4.47 Å². The molecular formula is C15H26BrN3O. The Kier molecular flexibility index (Phi) is 5.64. The van der Waals surface area contributed by atoms with Gasteiger partial charge in [0, 0.05) is 26.8 Å². The summed E-state index contributed by atoms with van der Waals surface area (Å²) in [5.41, 5.74) is 2.78. The molecule has 114 valence electrons. The molecule has 1 aliphatic heterocycles. The monoisotopic (exact) mass is 343 g/mol. The lowest BCUT2D eigenvalue weighted by atomic mass is 9.76. The van der Waals surface area contributed by atoms with E-state index in [1.54, 1.807) is 0 Å². The average Bonchev–Trinajstić information content (AvgIpc) is 2.73. The molecule has 5 heteroatoms. The van der Waals surface area contributed by atoms with Crippen LogP contribution in [0.25, 0.3) is 0 Å². The van der Waals surface area contributed by atoms with Crippen LogP contribution in [0.2, 0.25) is 0 Å². The van der Waals surface area contributed by atoms with E-state index in [0.717, 1.165) is 57.7 Å². The van der Waals surface area contributed by atoms with Gasteiger partial charge in [0.1, 0.15) is 0 Å². The van der Waals surface area contributed by atoms with Crippen LogP contribution in [0.4, 0.5) is 0 Å². The molecule has 1 aliphatic rings. The van der Waals surface area contributed by atoms with E-state index in [2.05, 4.69) is 47.2 Å². The number of aryl methyl sites for hydroxylation is 2. The first-order valence-electron chi connectivity index (χ1n) is 7.60. The van der Waals surface area contributed by atoms with E-state index in [9.17, 15) is 0 Å². The molecule has 2 heterocycles. The van der Waals surface area contributed by atoms with Crippen LogP contribution in [-0.4, -0.2) is 36.1 Å². The molecule has 4 nitrogen and oxygen atoms in total. The van der Waals surface area contributed by atoms with Crippen LogP contribution in [0, 0.1) is 5.41 Å². The van der Waals surface area contributed by atoms with Gasteiger partial charge in [-0.3, -0.25) is 4.68 Å². The van der Waals surface area contributed by atoms with Crippen molar-refractivity contribution in [2.75, 3.05) is 26.3 Å². The molecule has 20 heavy (non-hydrogen) atoms. The number of nitrogens with one attached hydrogen (secondary N) is 1. The van der Waals surface area contributed by atoms with Crippen LogP contribution in [0.1, 0.15) is 38.1 Å². The molecular weight excluding hydrogens is 318 g/mol. The standard InChI is InChI=1S/C15H26BrN3O/c1-4-12-14(16)13(19(3)18-12)10-15(11-17-5-2)6-8-20-9-7-15/h17H,4-11H2,1-3H3. The highest BCUT2D eigenvalue weighted by Crippen LogP contribution is 2.36. The molecule has 0 amide bonds. The van der Waals surface area contributed by atoms with Gasteiger partial charge in [-0.05, 0) is 53.6 Å². The van der Waals surface area contributed by atoms with Crippen LogP contribution in [-0.2, 0) is 24.6 Å². The minimum Gasteiger partial charge on any atom is -0.381 e. The maximum Gasteiger partial charge on any atom is 0.0766 e. The Morgan fingerprint density at radius 2 is 2.05 bits per heavy atom. The summed E-state index contributed by atoms with van der Waals surface area (Å²) in [6, 6.07) is 0. The molecule has 0 radical (unpaired) electrons. The largest absolute Gasteiger partial charge is 0.381 e. The topological polar surface area (TPSA) is 39.1 Å². The minimum absolute atomic E-state index is 0.301. The Morgan fingerprint density at radius 1 is 1.35 bits per heavy atom. The highest BCUT2D eigenvalue weighted by Gasteiger charge is 2.34. The van der Waals surface area contributed by atoms with Gasteiger partial charge in [0.15, 0.2) is 0 Å². The van der Waals surface area contributed by atoms with Gasteiger partial charge in [-0.2, -0.15) is 5.10 Å². The second-order valence-corrected chi connectivity index (χ2v) is 6.55. The van der Waals surface area contributed by atoms with Crippen molar-refractivity contribution in [3.8, 4) is 0 Å². The first kappa shape index (κ1) is 16.0. The zero-order valence-electron chi connectivity index (χ0n) is 12.8. The number of nitrogens with zero attached hydrogens (tertiary/aromatic N) is 2. The Hall–Kier alpha value is -0.390. The highest BCUT2D eigenvalue weighted by atomic mass is 79.9. The summed E-state index contributed by atoms with van der Waals surface area (Å²) < 4.78 is 8.81. The fourth-order valence-corrected chi connectivity index (χ4v) is 3.73. The molecule has 1 aromatic heterocycles. The molecule has 2 rings (SSSR count). The van der Waals surface area contributed by atoms with Crippen molar-refractivity contribution < 1.29 is 4.74 Å². The normalized spacial score (nSPS) is 18.4. The molecule has 1 fully saturated rings. The van der Waals surface area contributed by atoms with Crippen molar-refractivity contribution in [3.63, 3.8) is 0 Å². The van der Waals surface area contributed by atoms with Gasteiger partial charge in [-0.15, -0.1) is 0 Å². The van der Waals surface area contributed by atoms with Crippen LogP contribution in [0.3, 0.4) is 0 Å². The summed E-state index contributed by atoms with van der Waals surface area (Å²) in [7, 11) is 2.06. The molecule has 1 saturated heterocycles. The number of hydrogen-bond acceptors (Lipinski definition) is 3. The van der Waals surface area contributed by atoms with E-state index in [0.29, 0.717) is 5.41 Å². The van der Waals surface area contributed by atoms with Crippen molar-refractivity contribution in [2.45, 2.75) is 39.5 Å². The molecule has 0 aromatic carbocycles. The first-order valence-corrected chi connectivity index (χ1v) is 8.40. The average molecular weight is 344 g/mol. The van der Waals surface area contributed by atoms with Crippen molar-refractivity contribution >= 4 is 15.9 Å². The van der Waals surface area contributed by atoms with Gasteiger partial charge in [0.25, 0.3) is 0 Å². The van der Waals surface area contributed by atoms with Crippen molar-refractivity contribution in [1.29, 1.82) is 0 Å². The van der Waals surface area contributed by atoms with E-state index >= 15 is 0 Å². The third kappa shape index (κ3) is 3.43. The lowest BCUT2D eigenvalue weighted by Gasteiger charge is -2.37. The van der Waals surface area contributed by atoms with Gasteiger partial charge in [-0.25, -0.2) is 0 Å². The van der Waals surface area contributed by atoms with E-state index in [-0.39, 0.29) is 0 Å². The third-order valence-electron chi connectivity index (χ3n) is 4.35. The number of rotatable bonds is 6. The zero-order chi connectivity index (χ0) is 14.6. The van der Waals surface area contributed by atoms with Crippen molar-refractivity contribution in [1.82, 2.24) is 15.1 Å². The summed E-state index contributed by atoms with van der Waals surface area (Å²) in [6.07, 6.45) is 4.28. The lowest BCUT2D eigenvalue weighted by molar-refractivity contribution is 0.0142. The summed E-state index contributed by atoms with van der Waals surface area (Å²) in [5, 5.41) is 8.16. The second kappa shape index (κ2) is 7.05. The Balaban J connectivity index is 2.21. The fourth-order valence-electron chi connectivity index (χ4n) is 2.98. The van der Waals surface area contributed by atoms with Crippen LogP contribution >= 0.6 is 15.9 Å². The molecule has 0 spiro atoms. The molecule has 0 saturated carbocycles. The minimum atomic E-state index is 0.301. The number of hydrogen-bond donors (Lipinski definition) is 1. The van der Waals surface area contributed by atoms with Gasteiger partial charge in [0.05, 0.1) is 15.9 Å². The van der Waals surface area contributed by atoms with Gasteiger partial charge in [-0.1, -0.05) is 13.8 Å². The third-order valence-corrected chi connectivity index (χ3v) is 5.26. The maximum atomic E-state index is 5.57. The Morgan fingerprint density at radius 3 is 2.60 bits per heavy atom. The second-order valence-electron chi connectivity index (χ2n) is 5.75. The van der Waals surface area contributed by atoms with E-state index in [1.165, 1.54) is 10.2 Å². The predicted molar refractivity (Wildman–Crippen MR) is 85.0 cm³/mol. The summed E-state index contributed by atoms with van der Waals surface area (Å²) in [6.45, 7) is 8.16. The van der Waals surface area contributed by atoms with Crippen LogP contribution < -0.4 is 5.32 Å². The van der Waals surface area contributed by atoms with Crippen molar-refractivity contribution in [2.24, 2.45) is 12.5 Å². The zero-order valence-corrected chi connectivity index (χ0v) is 14.4. The number of aromatic nitrogens is 2. The number of halogens is 1. The van der Waals surface area contributed by atoms with Gasteiger partial charge < -0.3 is 10.1 Å². The van der Waals surface area contributed by atoms with E-state index in [1.807, 2.05) is 4.68 Å². The van der Waals surface area contributed by atoms with E-state index in [4.69, 9.17) is 4.74 Å². The first-order chi connectivity index (χ1) is 9.62. The maximum absolute atomic E-state index is 5.57. The summed E-state index contributed by atoms with van der Waals surface area (Å²) in [4.78, 5) is 0. The molecule has 0 bridgehead atoms. The Bertz CT molecular complexity index is 439. The number of ether oxygens (including phenoxy) is 1. The highest BCUT2D eigenvalue weighted by molar-refractivity contribution is 9.10. The summed E-state index contributed by atoms with van der Waals surface area (Å²) in [5.74, 6) is 0. The van der Waals surface area contributed by atoms with Crippen molar-refractivity contribution in [3.05, 3.63) is 15.9 Å². The smallest absolute Gasteiger partial charge is 0.0766 e. The molecule has 0 atom stereocenters. The van der Waals surface area contributed by atoms with Gasteiger partial charge in [0.2, 0.25) is 0 Å².